The third-order valence-electron chi connectivity index (χ3n) is 3.81. The van der Waals surface area contributed by atoms with Crippen LogP contribution in [-0.2, 0) is 13.0 Å². The first-order valence-corrected chi connectivity index (χ1v) is 7.41. The van der Waals surface area contributed by atoms with Crippen LogP contribution in [-0.4, -0.2) is 15.4 Å². The highest BCUT2D eigenvalue weighted by Gasteiger charge is 2.11. The number of nitrogen functional groups attached to an aromatic ring is 1. The SMILES string of the molecule is N=C(N)c1ccccc1Cn1ccnc1Cc1ccc(F)cc1F. The van der Waals surface area contributed by atoms with Crippen LogP contribution in [0.2, 0.25) is 0 Å². The van der Waals surface area contributed by atoms with Gasteiger partial charge in [0.1, 0.15) is 23.3 Å². The Morgan fingerprint density at radius 2 is 1.92 bits per heavy atom. The quantitative estimate of drug-likeness (QED) is 0.559. The molecule has 0 saturated carbocycles. The molecule has 3 N–H and O–H groups in total. The van der Waals surface area contributed by atoms with Crippen LogP contribution in [0.1, 0.15) is 22.5 Å². The Morgan fingerprint density at radius 3 is 2.67 bits per heavy atom. The molecule has 122 valence electrons. The Labute approximate surface area is 138 Å². The molecule has 0 aliphatic heterocycles. The third-order valence-corrected chi connectivity index (χ3v) is 3.81. The molecule has 6 heteroatoms. The van der Waals surface area contributed by atoms with Gasteiger partial charge < -0.3 is 10.3 Å². The van der Waals surface area contributed by atoms with Crippen LogP contribution in [0.15, 0.2) is 54.9 Å². The van der Waals surface area contributed by atoms with E-state index in [4.69, 9.17) is 11.1 Å². The second kappa shape index (κ2) is 6.62. The van der Waals surface area contributed by atoms with Gasteiger partial charge in [0.05, 0.1) is 0 Å². The van der Waals surface area contributed by atoms with Crippen molar-refractivity contribution in [2.24, 2.45) is 5.73 Å². The minimum Gasteiger partial charge on any atom is -0.384 e. The first-order chi connectivity index (χ1) is 11.5. The van der Waals surface area contributed by atoms with Gasteiger partial charge in [-0.1, -0.05) is 30.3 Å². The summed E-state index contributed by atoms with van der Waals surface area (Å²) in [6.07, 6.45) is 3.67. The zero-order valence-electron chi connectivity index (χ0n) is 12.8. The number of halogens is 2. The number of nitrogens with one attached hydrogen (secondary N) is 1. The van der Waals surface area contributed by atoms with Crippen LogP contribution < -0.4 is 5.73 Å². The van der Waals surface area contributed by atoms with E-state index in [0.29, 0.717) is 23.5 Å². The van der Waals surface area contributed by atoms with E-state index in [1.807, 2.05) is 22.8 Å². The van der Waals surface area contributed by atoms with Crippen molar-refractivity contribution in [3.63, 3.8) is 0 Å². The monoisotopic (exact) mass is 326 g/mol. The second-order valence-electron chi connectivity index (χ2n) is 5.45. The minimum atomic E-state index is -0.602. The number of hydrogen-bond donors (Lipinski definition) is 2. The van der Waals surface area contributed by atoms with Gasteiger partial charge in [-0.05, 0) is 17.2 Å². The van der Waals surface area contributed by atoms with Crippen LogP contribution in [0.25, 0.3) is 0 Å². The predicted molar refractivity (Wildman–Crippen MR) is 88.0 cm³/mol. The Kier molecular flexibility index (Phi) is 4.37. The normalized spacial score (nSPS) is 10.8. The number of nitrogens with two attached hydrogens (primary N) is 1. The van der Waals surface area contributed by atoms with E-state index in [0.717, 1.165) is 11.6 Å². The van der Waals surface area contributed by atoms with E-state index in [9.17, 15) is 8.78 Å². The molecular formula is C18H16F2N4. The van der Waals surface area contributed by atoms with Crippen LogP contribution in [0.3, 0.4) is 0 Å². The van der Waals surface area contributed by atoms with Gasteiger partial charge in [-0.2, -0.15) is 0 Å². The summed E-state index contributed by atoms with van der Waals surface area (Å²) in [5.74, 6) is -0.542. The molecule has 0 amide bonds. The molecule has 1 heterocycles. The Hall–Kier alpha value is -3.02. The molecule has 0 saturated heterocycles. The van der Waals surface area contributed by atoms with Crippen LogP contribution in [0.4, 0.5) is 8.78 Å². The highest BCUT2D eigenvalue weighted by Crippen LogP contribution is 2.16. The lowest BCUT2D eigenvalue weighted by atomic mass is 10.1. The van der Waals surface area contributed by atoms with Gasteiger partial charge in [-0.3, -0.25) is 5.41 Å². The molecule has 0 spiro atoms. The Bertz CT molecular complexity index is 886. The largest absolute Gasteiger partial charge is 0.384 e. The fourth-order valence-electron chi connectivity index (χ4n) is 2.59. The van der Waals surface area contributed by atoms with Crippen molar-refractivity contribution in [2.75, 3.05) is 0 Å². The number of hydrogen-bond acceptors (Lipinski definition) is 2. The summed E-state index contributed by atoms with van der Waals surface area (Å²) in [6, 6.07) is 10.9. The van der Waals surface area contributed by atoms with Gasteiger partial charge in [0, 0.05) is 37.0 Å². The second-order valence-corrected chi connectivity index (χ2v) is 5.45. The highest BCUT2D eigenvalue weighted by molar-refractivity contribution is 5.96. The van der Waals surface area contributed by atoms with Gasteiger partial charge in [0.15, 0.2) is 0 Å². The molecule has 3 aromatic rings. The van der Waals surface area contributed by atoms with Crippen molar-refractivity contribution in [1.82, 2.24) is 9.55 Å². The van der Waals surface area contributed by atoms with E-state index < -0.39 is 11.6 Å². The van der Waals surface area contributed by atoms with Gasteiger partial charge in [0.25, 0.3) is 0 Å². The average molecular weight is 326 g/mol. The van der Waals surface area contributed by atoms with Gasteiger partial charge in [-0.15, -0.1) is 0 Å². The molecule has 0 unspecified atom stereocenters. The van der Waals surface area contributed by atoms with Crippen molar-refractivity contribution in [1.29, 1.82) is 5.41 Å². The van der Waals surface area contributed by atoms with Crippen LogP contribution >= 0.6 is 0 Å². The maximum atomic E-state index is 13.8. The zero-order chi connectivity index (χ0) is 17.1. The number of rotatable bonds is 5. The molecule has 3 rings (SSSR count). The summed E-state index contributed by atoms with van der Waals surface area (Å²) in [4.78, 5) is 4.26. The molecule has 0 radical (unpaired) electrons. The molecule has 0 fully saturated rings. The number of imidazole rings is 1. The average Bonchev–Trinajstić information content (AvgIpc) is 2.97. The number of aromatic nitrogens is 2. The van der Waals surface area contributed by atoms with Crippen molar-refractivity contribution >= 4 is 5.84 Å². The van der Waals surface area contributed by atoms with E-state index >= 15 is 0 Å². The smallest absolute Gasteiger partial charge is 0.129 e. The fourth-order valence-corrected chi connectivity index (χ4v) is 2.59. The molecular weight excluding hydrogens is 310 g/mol. The van der Waals surface area contributed by atoms with Crippen molar-refractivity contribution < 1.29 is 8.78 Å². The van der Waals surface area contributed by atoms with E-state index in [2.05, 4.69) is 4.98 Å². The molecule has 1 aromatic heterocycles. The zero-order valence-corrected chi connectivity index (χ0v) is 12.8. The number of nitrogens with zero attached hydrogens (tertiary/aromatic N) is 2. The molecule has 24 heavy (non-hydrogen) atoms. The lowest BCUT2D eigenvalue weighted by molar-refractivity contribution is 0.572. The van der Waals surface area contributed by atoms with E-state index in [-0.39, 0.29) is 12.3 Å². The molecule has 0 atom stereocenters. The van der Waals surface area contributed by atoms with Crippen LogP contribution in [0.5, 0.6) is 0 Å². The molecule has 0 bridgehead atoms. The van der Waals surface area contributed by atoms with Gasteiger partial charge >= 0.3 is 0 Å². The molecule has 2 aromatic carbocycles. The summed E-state index contributed by atoms with van der Waals surface area (Å²) in [5.41, 5.74) is 7.53. The molecule has 0 aliphatic carbocycles. The summed E-state index contributed by atoms with van der Waals surface area (Å²) in [7, 11) is 0. The van der Waals surface area contributed by atoms with Crippen molar-refractivity contribution in [3.8, 4) is 0 Å². The fraction of sp³-hybridized carbons (Fsp3) is 0.111. The minimum absolute atomic E-state index is 0.00292. The van der Waals surface area contributed by atoms with Gasteiger partial charge in [-0.25, -0.2) is 13.8 Å². The van der Waals surface area contributed by atoms with E-state index in [1.165, 1.54) is 12.1 Å². The standard InChI is InChI=1S/C18H16F2N4/c19-14-6-5-12(16(20)10-14)9-17-23-7-8-24(17)11-13-3-1-2-4-15(13)18(21)22/h1-8,10H,9,11H2,(H3,21,22). The van der Waals surface area contributed by atoms with Crippen molar-refractivity contribution in [2.45, 2.75) is 13.0 Å². The summed E-state index contributed by atoms with van der Waals surface area (Å²) >= 11 is 0. The van der Waals surface area contributed by atoms with Gasteiger partial charge in [0.2, 0.25) is 0 Å². The highest BCUT2D eigenvalue weighted by atomic mass is 19.1. The summed E-state index contributed by atoms with van der Waals surface area (Å²) in [6.45, 7) is 0.466. The number of amidine groups is 1. The Morgan fingerprint density at radius 1 is 1.12 bits per heavy atom. The lowest BCUT2D eigenvalue weighted by Crippen LogP contribution is -2.16. The molecule has 4 nitrogen and oxygen atoms in total. The molecule has 0 aliphatic rings. The topological polar surface area (TPSA) is 67.7 Å². The third kappa shape index (κ3) is 3.32. The Balaban J connectivity index is 1.87. The van der Waals surface area contributed by atoms with E-state index in [1.54, 1.807) is 18.5 Å². The predicted octanol–water partition coefficient (Wildman–Crippen LogP) is 3.08. The first-order valence-electron chi connectivity index (χ1n) is 7.41. The summed E-state index contributed by atoms with van der Waals surface area (Å²) in [5, 5.41) is 7.65. The lowest BCUT2D eigenvalue weighted by Gasteiger charge is -2.12. The summed E-state index contributed by atoms with van der Waals surface area (Å²) < 4.78 is 28.7. The maximum Gasteiger partial charge on any atom is 0.129 e. The van der Waals surface area contributed by atoms with Crippen molar-refractivity contribution in [3.05, 3.63) is 89.0 Å². The maximum absolute atomic E-state index is 13.8. The first kappa shape index (κ1) is 15.9. The number of benzene rings is 2. The van der Waals surface area contributed by atoms with Crippen LogP contribution in [0, 0.1) is 17.0 Å².